The van der Waals surface area contributed by atoms with Crippen LogP contribution in [0, 0.1) is 0 Å². The van der Waals surface area contributed by atoms with Gasteiger partial charge in [0.1, 0.15) is 6.04 Å². The first-order chi connectivity index (χ1) is 7.54. The average Bonchev–Trinajstić information content (AvgIpc) is 2.28. The fourth-order valence-electron chi connectivity index (χ4n) is 1.49. The number of aliphatic carboxylic acids is 1. The molecule has 1 heterocycles. The summed E-state index contributed by atoms with van der Waals surface area (Å²) in [5, 5.41) is 11.6. The van der Waals surface area contributed by atoms with Crippen LogP contribution in [0.2, 0.25) is 0 Å². The Bertz CT molecular complexity index is 273. The second-order valence-electron chi connectivity index (χ2n) is 3.86. The normalized spacial score (nSPS) is 22.6. The van der Waals surface area contributed by atoms with E-state index in [1.807, 2.05) is 11.8 Å². The largest absolute Gasteiger partial charge is 0.480 e. The van der Waals surface area contributed by atoms with E-state index < -0.39 is 12.0 Å². The molecule has 1 fully saturated rings. The summed E-state index contributed by atoms with van der Waals surface area (Å²) in [5.74, 6) is -0.0836. The highest BCUT2D eigenvalue weighted by Gasteiger charge is 2.24. The van der Waals surface area contributed by atoms with Gasteiger partial charge in [-0.1, -0.05) is 6.92 Å². The molecule has 6 heteroatoms. The predicted octanol–water partition coefficient (Wildman–Crippen LogP) is 0.996. The molecule has 92 valence electrons. The number of hydrogen-bond donors (Lipinski definition) is 2. The summed E-state index contributed by atoms with van der Waals surface area (Å²) in [5.41, 5.74) is 0. The summed E-state index contributed by atoms with van der Waals surface area (Å²) in [4.78, 5) is 24.0. The maximum atomic E-state index is 11.7. The molecular weight excluding hydrogens is 228 g/mol. The van der Waals surface area contributed by atoms with Gasteiger partial charge in [0, 0.05) is 24.1 Å². The highest BCUT2D eigenvalue weighted by molar-refractivity contribution is 8.00. The number of nitrogens with zero attached hydrogens (tertiary/aromatic N) is 1. The van der Waals surface area contributed by atoms with Crippen LogP contribution in [-0.2, 0) is 4.79 Å². The maximum Gasteiger partial charge on any atom is 0.325 e. The van der Waals surface area contributed by atoms with Gasteiger partial charge in [0.2, 0.25) is 0 Å². The highest BCUT2D eigenvalue weighted by atomic mass is 32.2. The molecule has 1 aliphatic rings. The molecule has 0 aromatic carbocycles. The number of rotatable bonds is 3. The molecule has 2 atom stereocenters. The molecule has 1 aliphatic heterocycles. The van der Waals surface area contributed by atoms with Gasteiger partial charge in [0.05, 0.1) is 0 Å². The number of carboxylic acids is 1. The van der Waals surface area contributed by atoms with Gasteiger partial charge in [0.15, 0.2) is 0 Å². The quantitative estimate of drug-likeness (QED) is 0.779. The lowest BCUT2D eigenvalue weighted by Crippen LogP contribution is -2.50. The van der Waals surface area contributed by atoms with Crippen LogP contribution >= 0.6 is 11.8 Å². The molecule has 0 aromatic rings. The van der Waals surface area contributed by atoms with Crippen molar-refractivity contribution >= 4 is 23.8 Å². The first kappa shape index (κ1) is 13.2. The van der Waals surface area contributed by atoms with Crippen molar-refractivity contribution in [2.24, 2.45) is 0 Å². The van der Waals surface area contributed by atoms with Gasteiger partial charge in [-0.15, -0.1) is 0 Å². The van der Waals surface area contributed by atoms with Crippen molar-refractivity contribution < 1.29 is 14.7 Å². The molecule has 0 bridgehead atoms. The molecule has 5 nitrogen and oxygen atoms in total. The Kier molecular flexibility index (Phi) is 4.92. The van der Waals surface area contributed by atoms with Crippen LogP contribution in [-0.4, -0.2) is 52.1 Å². The van der Waals surface area contributed by atoms with Crippen LogP contribution in [0.3, 0.4) is 0 Å². The van der Waals surface area contributed by atoms with Crippen molar-refractivity contribution in [1.82, 2.24) is 10.2 Å². The summed E-state index contributed by atoms with van der Waals surface area (Å²) < 4.78 is 0. The van der Waals surface area contributed by atoms with Crippen molar-refractivity contribution in [2.45, 2.75) is 31.6 Å². The molecule has 0 aliphatic carbocycles. The number of thioether (sulfide) groups is 1. The minimum absolute atomic E-state index is 0.270. The molecule has 16 heavy (non-hydrogen) atoms. The van der Waals surface area contributed by atoms with Crippen LogP contribution in [0.4, 0.5) is 4.79 Å². The number of amides is 2. The van der Waals surface area contributed by atoms with Gasteiger partial charge < -0.3 is 15.3 Å². The Morgan fingerprint density at radius 1 is 1.62 bits per heavy atom. The summed E-state index contributed by atoms with van der Waals surface area (Å²) in [6, 6.07) is -1.10. The first-order valence-corrected chi connectivity index (χ1v) is 6.49. The molecule has 0 saturated carbocycles. The van der Waals surface area contributed by atoms with Crippen LogP contribution in [0.25, 0.3) is 0 Å². The van der Waals surface area contributed by atoms with Crippen molar-refractivity contribution in [3.8, 4) is 0 Å². The molecule has 2 amide bonds. The zero-order chi connectivity index (χ0) is 12.1. The molecule has 1 rings (SSSR count). The fraction of sp³-hybridized carbons (Fsp3) is 0.800. The summed E-state index contributed by atoms with van der Waals surface area (Å²) in [6.45, 7) is 4.97. The third-order valence-electron chi connectivity index (χ3n) is 2.59. The monoisotopic (exact) mass is 246 g/mol. The molecule has 2 N–H and O–H groups in total. The van der Waals surface area contributed by atoms with E-state index in [-0.39, 0.29) is 6.03 Å². The Labute approximate surface area is 99.6 Å². The van der Waals surface area contributed by atoms with Crippen molar-refractivity contribution in [2.75, 3.05) is 18.8 Å². The Balaban J connectivity index is 2.44. The molecule has 0 radical (unpaired) electrons. The number of nitrogens with one attached hydrogen (secondary N) is 1. The van der Waals surface area contributed by atoms with Crippen LogP contribution in [0.1, 0.15) is 20.3 Å². The number of carbonyl (C=O) groups is 2. The van der Waals surface area contributed by atoms with Gasteiger partial charge in [-0.2, -0.15) is 11.8 Å². The minimum atomic E-state index is -1.01. The lowest BCUT2D eigenvalue weighted by Gasteiger charge is -2.32. The smallest absolute Gasteiger partial charge is 0.325 e. The third kappa shape index (κ3) is 3.59. The Morgan fingerprint density at radius 3 is 2.88 bits per heavy atom. The van der Waals surface area contributed by atoms with E-state index in [1.165, 1.54) is 6.92 Å². The van der Waals surface area contributed by atoms with Gasteiger partial charge in [-0.05, 0) is 13.3 Å². The zero-order valence-electron chi connectivity index (χ0n) is 9.60. The molecule has 0 spiro atoms. The van der Waals surface area contributed by atoms with E-state index in [0.717, 1.165) is 12.2 Å². The predicted molar refractivity (Wildman–Crippen MR) is 63.7 cm³/mol. The highest BCUT2D eigenvalue weighted by Crippen LogP contribution is 2.20. The van der Waals surface area contributed by atoms with E-state index in [2.05, 4.69) is 12.2 Å². The first-order valence-electron chi connectivity index (χ1n) is 5.44. The Hall–Kier alpha value is -0.910. The zero-order valence-corrected chi connectivity index (χ0v) is 10.4. The number of hydrogen-bond acceptors (Lipinski definition) is 3. The van der Waals surface area contributed by atoms with Crippen LogP contribution < -0.4 is 5.32 Å². The minimum Gasteiger partial charge on any atom is -0.480 e. The topological polar surface area (TPSA) is 69.6 Å². The fourth-order valence-corrected chi connectivity index (χ4v) is 2.67. The van der Waals surface area contributed by atoms with E-state index in [9.17, 15) is 9.59 Å². The lowest BCUT2D eigenvalue weighted by atomic mass is 10.3. The molecule has 0 aromatic heterocycles. The van der Waals surface area contributed by atoms with E-state index in [0.29, 0.717) is 18.3 Å². The van der Waals surface area contributed by atoms with Crippen LogP contribution in [0.15, 0.2) is 0 Å². The SMILES string of the molecule is CCC1CN(C(=O)N[C@H](C)C(=O)O)CCS1. The number of urea groups is 1. The number of carboxylic acid groups (broad SMARTS) is 1. The summed E-state index contributed by atoms with van der Waals surface area (Å²) in [7, 11) is 0. The summed E-state index contributed by atoms with van der Waals surface area (Å²) >= 11 is 1.87. The van der Waals surface area contributed by atoms with Crippen molar-refractivity contribution in [3.05, 3.63) is 0 Å². The van der Waals surface area contributed by atoms with Crippen LogP contribution in [0.5, 0.6) is 0 Å². The number of carbonyl (C=O) groups excluding carboxylic acids is 1. The van der Waals surface area contributed by atoms with Gasteiger partial charge in [-0.3, -0.25) is 4.79 Å². The van der Waals surface area contributed by atoms with E-state index >= 15 is 0 Å². The third-order valence-corrected chi connectivity index (χ3v) is 3.96. The average molecular weight is 246 g/mol. The van der Waals surface area contributed by atoms with Gasteiger partial charge in [0.25, 0.3) is 0 Å². The molecular formula is C10H18N2O3S. The van der Waals surface area contributed by atoms with Gasteiger partial charge >= 0.3 is 12.0 Å². The van der Waals surface area contributed by atoms with E-state index in [1.54, 1.807) is 4.90 Å². The van der Waals surface area contributed by atoms with Gasteiger partial charge in [-0.25, -0.2) is 4.79 Å². The van der Waals surface area contributed by atoms with Crippen molar-refractivity contribution in [3.63, 3.8) is 0 Å². The van der Waals surface area contributed by atoms with E-state index in [4.69, 9.17) is 5.11 Å². The second kappa shape index (κ2) is 5.98. The molecule has 1 saturated heterocycles. The lowest BCUT2D eigenvalue weighted by molar-refractivity contribution is -0.138. The second-order valence-corrected chi connectivity index (χ2v) is 5.26. The summed E-state index contributed by atoms with van der Waals surface area (Å²) in [6.07, 6.45) is 1.03. The maximum absolute atomic E-state index is 11.7. The van der Waals surface area contributed by atoms with Crippen molar-refractivity contribution in [1.29, 1.82) is 0 Å². The Morgan fingerprint density at radius 2 is 2.31 bits per heavy atom. The standard InChI is InChI=1S/C10H18N2O3S/c1-3-8-6-12(4-5-16-8)10(15)11-7(2)9(13)14/h7-8H,3-6H2,1-2H3,(H,11,15)(H,13,14)/t7-,8?/m1/s1. The molecule has 1 unspecified atom stereocenters.